The number of nitrogens with one attached hydrogen (secondary N) is 2. The molecule has 0 bridgehead atoms. The highest BCUT2D eigenvalue weighted by Gasteiger charge is 2.38. The molecule has 8 heteroatoms. The molecule has 2 heterocycles. The van der Waals surface area contributed by atoms with Gasteiger partial charge in [-0.2, -0.15) is 0 Å². The quantitative estimate of drug-likeness (QED) is 0.524. The van der Waals surface area contributed by atoms with Gasteiger partial charge in [0.1, 0.15) is 5.82 Å². The smallest absolute Gasteiger partial charge is 0.216 e. The summed E-state index contributed by atoms with van der Waals surface area (Å²) < 4.78 is 30.1. The van der Waals surface area contributed by atoms with E-state index in [0.29, 0.717) is 25.6 Å². The minimum Gasteiger partial charge on any atom is -0.356 e. The molecule has 0 spiro atoms. The summed E-state index contributed by atoms with van der Waals surface area (Å²) in [6, 6.07) is 13.0. The van der Waals surface area contributed by atoms with Gasteiger partial charge in [0.05, 0.1) is 0 Å². The number of hydrogen-bond donors (Lipinski definition) is 2. The molecule has 5 rings (SSSR count). The second-order valence-corrected chi connectivity index (χ2v) is 9.80. The van der Waals surface area contributed by atoms with Gasteiger partial charge in [0.2, 0.25) is 5.91 Å². The van der Waals surface area contributed by atoms with Crippen molar-refractivity contribution in [1.29, 1.82) is 0 Å². The zero-order valence-electron chi connectivity index (χ0n) is 20.1. The Morgan fingerprint density at radius 3 is 2.66 bits per heavy atom. The van der Waals surface area contributed by atoms with E-state index in [2.05, 4.69) is 39.4 Å². The number of amides is 1. The van der Waals surface area contributed by atoms with Gasteiger partial charge in [0.15, 0.2) is 17.5 Å². The molecule has 1 aliphatic heterocycles. The molecule has 1 amide bonds. The highest BCUT2D eigenvalue weighted by molar-refractivity contribution is 5.72. The van der Waals surface area contributed by atoms with Gasteiger partial charge in [0.25, 0.3) is 0 Å². The number of carbonyl (C=O) groups excluding carboxylic acids is 1. The number of aromatic nitrogens is 3. The molecule has 0 radical (unpaired) electrons. The molecule has 2 N–H and O–H groups in total. The Hall–Kier alpha value is -3.13. The van der Waals surface area contributed by atoms with E-state index in [-0.39, 0.29) is 23.8 Å². The van der Waals surface area contributed by atoms with E-state index in [1.54, 1.807) is 6.07 Å². The second kappa shape index (κ2) is 9.85. The maximum Gasteiger partial charge on any atom is 0.216 e. The average molecular weight is 480 g/mol. The number of rotatable bonds is 7. The van der Waals surface area contributed by atoms with Crippen molar-refractivity contribution >= 4 is 5.91 Å². The number of hydrogen-bond acceptors (Lipinski definition) is 4. The van der Waals surface area contributed by atoms with Crippen LogP contribution in [0.15, 0.2) is 42.5 Å². The maximum absolute atomic E-state index is 14.1. The standard InChI is InChI=1S/C27H31F2N5O/c1-16-13-22(19-7-10-24(28)25(29)14-19)23(15-31-16)27-33-32-26(34(27)20-8-9-20)21-6-4-3-5-18(21)11-12-30-17(2)35/h3-7,10,14,16,20,22-23,31H,8-9,11-13,15H2,1-2H3,(H,30,35). The topological polar surface area (TPSA) is 71.8 Å². The van der Waals surface area contributed by atoms with Crippen molar-refractivity contribution in [3.63, 3.8) is 0 Å². The normalized spacial score (nSPS) is 22.2. The van der Waals surface area contributed by atoms with Gasteiger partial charge in [-0.05, 0) is 61.8 Å². The molecule has 1 aromatic heterocycles. The summed E-state index contributed by atoms with van der Waals surface area (Å²) in [7, 11) is 0. The van der Waals surface area contributed by atoms with E-state index in [4.69, 9.17) is 5.10 Å². The molecule has 2 aliphatic rings. The van der Waals surface area contributed by atoms with Crippen LogP contribution in [0.25, 0.3) is 11.4 Å². The lowest BCUT2D eigenvalue weighted by molar-refractivity contribution is -0.118. The van der Waals surface area contributed by atoms with Crippen LogP contribution in [0.1, 0.15) is 67.9 Å². The first-order valence-electron chi connectivity index (χ1n) is 12.4. The Kier molecular flexibility index (Phi) is 6.65. The predicted octanol–water partition coefficient (Wildman–Crippen LogP) is 4.49. The third kappa shape index (κ3) is 4.98. The number of piperidine rings is 1. The lowest BCUT2D eigenvalue weighted by Gasteiger charge is -2.36. The molecule has 3 aromatic rings. The fourth-order valence-corrected chi connectivity index (χ4v) is 5.24. The van der Waals surface area contributed by atoms with E-state index in [1.807, 2.05) is 12.1 Å². The van der Waals surface area contributed by atoms with Crippen molar-refractivity contribution in [3.8, 4) is 11.4 Å². The van der Waals surface area contributed by atoms with Crippen molar-refractivity contribution in [3.05, 3.63) is 71.1 Å². The first-order chi connectivity index (χ1) is 16.9. The Morgan fingerprint density at radius 2 is 1.91 bits per heavy atom. The molecule has 6 nitrogen and oxygen atoms in total. The Morgan fingerprint density at radius 1 is 1.11 bits per heavy atom. The van der Waals surface area contributed by atoms with Crippen molar-refractivity contribution in [2.75, 3.05) is 13.1 Å². The highest BCUT2D eigenvalue weighted by Crippen LogP contribution is 2.45. The maximum atomic E-state index is 14.1. The summed E-state index contributed by atoms with van der Waals surface area (Å²) >= 11 is 0. The van der Waals surface area contributed by atoms with E-state index in [1.165, 1.54) is 19.1 Å². The number of nitrogens with zero attached hydrogens (tertiary/aromatic N) is 3. The molecular formula is C27H31F2N5O. The predicted molar refractivity (Wildman–Crippen MR) is 130 cm³/mol. The number of benzene rings is 2. The van der Waals surface area contributed by atoms with Crippen molar-refractivity contribution < 1.29 is 13.6 Å². The molecule has 184 valence electrons. The van der Waals surface area contributed by atoms with Crippen molar-refractivity contribution in [2.45, 2.75) is 63.5 Å². The number of carbonyl (C=O) groups is 1. The zero-order chi connectivity index (χ0) is 24.5. The largest absolute Gasteiger partial charge is 0.356 e. The second-order valence-electron chi connectivity index (χ2n) is 9.80. The van der Waals surface area contributed by atoms with Gasteiger partial charge in [-0.1, -0.05) is 30.3 Å². The van der Waals surface area contributed by atoms with Gasteiger partial charge in [-0.15, -0.1) is 10.2 Å². The van der Waals surface area contributed by atoms with Crippen LogP contribution in [-0.4, -0.2) is 39.8 Å². The number of halogens is 2. The van der Waals surface area contributed by atoms with E-state index < -0.39 is 11.6 Å². The zero-order valence-corrected chi connectivity index (χ0v) is 20.1. The third-order valence-corrected chi connectivity index (χ3v) is 7.14. The Bertz CT molecular complexity index is 1220. The highest BCUT2D eigenvalue weighted by atomic mass is 19.2. The SMILES string of the molecule is CC(=O)NCCc1ccccc1-c1nnc(C2CNC(C)CC2c2ccc(F)c(F)c2)n1C1CC1. The third-order valence-electron chi connectivity index (χ3n) is 7.14. The molecule has 2 fully saturated rings. The minimum absolute atomic E-state index is 0.00547. The summed E-state index contributed by atoms with van der Waals surface area (Å²) in [5, 5.41) is 15.8. The summed E-state index contributed by atoms with van der Waals surface area (Å²) in [4.78, 5) is 11.3. The lowest BCUT2D eigenvalue weighted by Crippen LogP contribution is -2.41. The molecule has 2 aromatic carbocycles. The first kappa shape index (κ1) is 23.6. The molecule has 1 saturated heterocycles. The van der Waals surface area contributed by atoms with Gasteiger partial charge in [0, 0.05) is 43.6 Å². The molecule has 3 atom stereocenters. The molecule has 1 saturated carbocycles. The monoisotopic (exact) mass is 479 g/mol. The van der Waals surface area contributed by atoms with Crippen molar-refractivity contribution in [1.82, 2.24) is 25.4 Å². The van der Waals surface area contributed by atoms with Crippen LogP contribution in [-0.2, 0) is 11.2 Å². The average Bonchev–Trinajstić information content (AvgIpc) is 3.59. The van der Waals surface area contributed by atoms with Gasteiger partial charge >= 0.3 is 0 Å². The summed E-state index contributed by atoms with van der Waals surface area (Å²) in [5.41, 5.74) is 2.92. The lowest BCUT2D eigenvalue weighted by atomic mass is 9.78. The van der Waals surface area contributed by atoms with E-state index >= 15 is 0 Å². The van der Waals surface area contributed by atoms with Crippen LogP contribution in [0.4, 0.5) is 8.78 Å². The van der Waals surface area contributed by atoms with Crippen LogP contribution in [0, 0.1) is 11.6 Å². The van der Waals surface area contributed by atoms with E-state index in [9.17, 15) is 13.6 Å². The Balaban J connectivity index is 1.53. The summed E-state index contributed by atoms with van der Waals surface area (Å²) in [6.45, 7) is 4.88. The molecular weight excluding hydrogens is 448 g/mol. The Labute approximate surface area is 204 Å². The summed E-state index contributed by atoms with van der Waals surface area (Å²) in [6.07, 6.45) is 3.63. The van der Waals surface area contributed by atoms with E-state index in [0.717, 1.165) is 47.6 Å². The van der Waals surface area contributed by atoms with Crippen LogP contribution >= 0.6 is 0 Å². The molecule has 1 aliphatic carbocycles. The summed E-state index contributed by atoms with van der Waals surface area (Å²) in [5.74, 6) is 0.0388. The molecule has 3 unspecified atom stereocenters. The van der Waals surface area contributed by atoms with Crippen molar-refractivity contribution in [2.24, 2.45) is 0 Å². The fourth-order valence-electron chi connectivity index (χ4n) is 5.24. The van der Waals surface area contributed by atoms with Crippen LogP contribution < -0.4 is 10.6 Å². The van der Waals surface area contributed by atoms with Crippen LogP contribution in [0.5, 0.6) is 0 Å². The van der Waals surface area contributed by atoms with Gasteiger partial charge in [-0.3, -0.25) is 4.79 Å². The van der Waals surface area contributed by atoms with Gasteiger partial charge < -0.3 is 15.2 Å². The molecule has 35 heavy (non-hydrogen) atoms. The van der Waals surface area contributed by atoms with Crippen LogP contribution in [0.2, 0.25) is 0 Å². The van der Waals surface area contributed by atoms with Gasteiger partial charge in [-0.25, -0.2) is 8.78 Å². The minimum atomic E-state index is -0.827. The fraction of sp³-hybridized carbons (Fsp3) is 0.444. The first-order valence-corrected chi connectivity index (χ1v) is 12.4. The van der Waals surface area contributed by atoms with Crippen LogP contribution in [0.3, 0.4) is 0 Å².